The molecule has 0 spiro atoms. The lowest BCUT2D eigenvalue weighted by molar-refractivity contribution is -0.0272. The molecule has 2 rings (SSSR count). The van der Waals surface area contributed by atoms with Gasteiger partial charge in [0.05, 0.1) is 5.60 Å². The van der Waals surface area contributed by atoms with Crippen molar-refractivity contribution in [2.24, 2.45) is 16.8 Å². The minimum Gasteiger partial charge on any atom is -0.475 e. The minimum absolute atomic E-state index is 0.0462. The fraction of sp³-hybridized carbons (Fsp3) is 0.731. The molecule has 1 aliphatic rings. The second kappa shape index (κ2) is 8.41. The molecule has 0 radical (unpaired) electrons. The Morgan fingerprint density at radius 2 is 1.34 bits per heavy atom. The van der Waals surface area contributed by atoms with Crippen LogP contribution in [0.1, 0.15) is 98.8 Å². The van der Waals surface area contributed by atoms with Crippen molar-refractivity contribution < 1.29 is 9.84 Å². The van der Waals surface area contributed by atoms with Gasteiger partial charge in [-0.1, -0.05) is 75.3 Å². The molecule has 1 atom stereocenters. The normalized spacial score (nSPS) is 18.4. The lowest BCUT2D eigenvalue weighted by Gasteiger charge is -2.34. The number of nitrogens with zero attached hydrogens (tertiary/aromatic N) is 1. The summed E-state index contributed by atoms with van der Waals surface area (Å²) in [4.78, 5) is 4.93. The van der Waals surface area contributed by atoms with Crippen molar-refractivity contribution in [3.63, 3.8) is 0 Å². The molecule has 1 unspecified atom stereocenters. The molecular formula is C26H43NO2. The predicted molar refractivity (Wildman–Crippen MR) is 124 cm³/mol. The van der Waals surface area contributed by atoms with Crippen LogP contribution in [0.4, 0.5) is 0 Å². The van der Waals surface area contributed by atoms with Gasteiger partial charge in [0.2, 0.25) is 5.90 Å². The average Bonchev–Trinajstić information content (AvgIpc) is 3.02. The first kappa shape index (κ1) is 23.9. The molecule has 0 aliphatic carbocycles. The van der Waals surface area contributed by atoms with E-state index >= 15 is 0 Å². The van der Waals surface area contributed by atoms with Crippen molar-refractivity contribution in [1.29, 1.82) is 0 Å². The summed E-state index contributed by atoms with van der Waals surface area (Å²) < 4.78 is 6.09. The molecule has 0 saturated heterocycles. The van der Waals surface area contributed by atoms with Gasteiger partial charge in [0.15, 0.2) is 0 Å². The standard InChI is InChI=1S/C26H43NO2/c1-17(2)14-26(28,15-18(3)4)22-16-29-23(27-22)19-11-20(24(5,6)7)13-21(12-19)25(8,9)10/h11-13,17-18,22,28H,14-16H2,1-10H3. The third-order valence-corrected chi connectivity index (χ3v) is 5.71. The van der Waals surface area contributed by atoms with Crippen molar-refractivity contribution in [1.82, 2.24) is 0 Å². The summed E-state index contributed by atoms with van der Waals surface area (Å²) in [7, 11) is 0. The number of ether oxygens (including phenoxy) is 1. The van der Waals surface area contributed by atoms with Gasteiger partial charge in [0, 0.05) is 5.56 Å². The van der Waals surface area contributed by atoms with Gasteiger partial charge in [-0.2, -0.15) is 0 Å². The fourth-order valence-corrected chi connectivity index (χ4v) is 4.19. The van der Waals surface area contributed by atoms with Crippen LogP contribution < -0.4 is 0 Å². The highest BCUT2D eigenvalue weighted by Gasteiger charge is 2.41. The first-order valence-electron chi connectivity index (χ1n) is 11.2. The number of rotatable bonds is 6. The number of aliphatic imine (C=N–C) groups is 1. The quantitative estimate of drug-likeness (QED) is 0.612. The summed E-state index contributed by atoms with van der Waals surface area (Å²) in [5, 5.41) is 11.5. The molecule has 0 saturated carbocycles. The van der Waals surface area contributed by atoms with Gasteiger partial charge in [-0.15, -0.1) is 0 Å². The zero-order valence-electron chi connectivity index (χ0n) is 20.4. The van der Waals surface area contributed by atoms with Crippen LogP contribution in [0.3, 0.4) is 0 Å². The second-order valence-corrected chi connectivity index (χ2v) is 11.9. The summed E-state index contributed by atoms with van der Waals surface area (Å²) >= 11 is 0. The van der Waals surface area contributed by atoms with Crippen LogP contribution in [0.15, 0.2) is 23.2 Å². The summed E-state index contributed by atoms with van der Waals surface area (Å²) in [6, 6.07) is 6.52. The van der Waals surface area contributed by atoms with Crippen molar-refractivity contribution >= 4 is 5.90 Å². The van der Waals surface area contributed by atoms with E-state index in [1.165, 1.54) is 11.1 Å². The number of aliphatic hydroxyl groups is 1. The van der Waals surface area contributed by atoms with E-state index in [0.29, 0.717) is 24.3 Å². The Morgan fingerprint density at radius 3 is 1.72 bits per heavy atom. The molecule has 3 heteroatoms. The van der Waals surface area contributed by atoms with E-state index in [2.05, 4.69) is 87.4 Å². The molecule has 164 valence electrons. The van der Waals surface area contributed by atoms with Gasteiger partial charge in [-0.3, -0.25) is 0 Å². The molecule has 1 aromatic rings. The van der Waals surface area contributed by atoms with Crippen LogP contribution in [0.2, 0.25) is 0 Å². The molecule has 29 heavy (non-hydrogen) atoms. The summed E-state index contributed by atoms with van der Waals surface area (Å²) in [6.45, 7) is 22.5. The summed E-state index contributed by atoms with van der Waals surface area (Å²) in [5.74, 6) is 1.50. The molecule has 1 heterocycles. The van der Waals surface area contributed by atoms with Crippen molar-refractivity contribution in [2.45, 2.75) is 105 Å². The summed E-state index contributed by atoms with van der Waals surface area (Å²) in [5.41, 5.74) is 2.87. The molecule has 1 aromatic carbocycles. The smallest absolute Gasteiger partial charge is 0.216 e. The maximum absolute atomic E-state index is 11.5. The molecule has 0 amide bonds. The fourth-order valence-electron chi connectivity index (χ4n) is 4.19. The molecule has 1 N–H and O–H groups in total. The minimum atomic E-state index is -0.821. The maximum atomic E-state index is 11.5. The lowest BCUT2D eigenvalue weighted by atomic mass is 9.79. The Balaban J connectivity index is 2.47. The Kier molecular flexibility index (Phi) is 6.94. The molecule has 0 aromatic heterocycles. The van der Waals surface area contributed by atoms with Gasteiger partial charge in [0.1, 0.15) is 12.6 Å². The summed E-state index contributed by atoms with van der Waals surface area (Å²) in [6.07, 6.45) is 1.48. The monoisotopic (exact) mass is 401 g/mol. The third kappa shape index (κ3) is 6.07. The van der Waals surface area contributed by atoms with Crippen molar-refractivity contribution in [2.75, 3.05) is 6.61 Å². The number of hydrogen-bond donors (Lipinski definition) is 1. The van der Waals surface area contributed by atoms with Gasteiger partial charge in [-0.05, 0) is 58.8 Å². The largest absolute Gasteiger partial charge is 0.475 e. The topological polar surface area (TPSA) is 41.8 Å². The van der Waals surface area contributed by atoms with Crippen LogP contribution in [0.25, 0.3) is 0 Å². The van der Waals surface area contributed by atoms with Crippen LogP contribution >= 0.6 is 0 Å². The van der Waals surface area contributed by atoms with Crippen LogP contribution in [-0.2, 0) is 15.6 Å². The van der Waals surface area contributed by atoms with Gasteiger partial charge < -0.3 is 9.84 Å². The van der Waals surface area contributed by atoms with Crippen molar-refractivity contribution in [3.8, 4) is 0 Å². The van der Waals surface area contributed by atoms with Gasteiger partial charge in [-0.25, -0.2) is 4.99 Å². The highest BCUT2D eigenvalue weighted by molar-refractivity contribution is 5.95. The predicted octanol–water partition coefficient (Wildman–Crippen LogP) is 6.25. The molecule has 1 aliphatic heterocycles. The Bertz CT molecular complexity index is 690. The Hall–Kier alpha value is -1.35. The Morgan fingerprint density at radius 1 is 0.897 bits per heavy atom. The second-order valence-electron chi connectivity index (χ2n) is 11.9. The maximum Gasteiger partial charge on any atom is 0.216 e. The van der Waals surface area contributed by atoms with E-state index in [0.717, 1.165) is 18.4 Å². The first-order chi connectivity index (χ1) is 13.1. The number of benzene rings is 1. The SMILES string of the molecule is CC(C)CC(O)(CC(C)C)C1COC(c2cc(C(C)(C)C)cc(C(C)(C)C)c2)=N1. The average molecular weight is 402 g/mol. The first-order valence-corrected chi connectivity index (χ1v) is 11.2. The van der Waals surface area contributed by atoms with E-state index in [1.807, 2.05) is 0 Å². The highest BCUT2D eigenvalue weighted by atomic mass is 16.5. The van der Waals surface area contributed by atoms with Crippen LogP contribution in [0, 0.1) is 11.8 Å². The van der Waals surface area contributed by atoms with E-state index in [9.17, 15) is 5.11 Å². The van der Waals surface area contributed by atoms with Crippen LogP contribution in [0.5, 0.6) is 0 Å². The van der Waals surface area contributed by atoms with Crippen LogP contribution in [-0.4, -0.2) is 29.3 Å². The zero-order valence-corrected chi connectivity index (χ0v) is 20.4. The lowest BCUT2D eigenvalue weighted by Crippen LogP contribution is -2.44. The molecule has 3 nitrogen and oxygen atoms in total. The van der Waals surface area contributed by atoms with E-state index in [4.69, 9.17) is 9.73 Å². The molecular weight excluding hydrogens is 358 g/mol. The van der Waals surface area contributed by atoms with E-state index in [1.54, 1.807) is 0 Å². The van der Waals surface area contributed by atoms with Gasteiger partial charge in [0.25, 0.3) is 0 Å². The van der Waals surface area contributed by atoms with Gasteiger partial charge >= 0.3 is 0 Å². The Labute approximate surface area is 179 Å². The highest BCUT2D eigenvalue weighted by Crippen LogP contribution is 2.35. The van der Waals surface area contributed by atoms with E-state index < -0.39 is 5.60 Å². The molecule has 0 fully saturated rings. The van der Waals surface area contributed by atoms with E-state index in [-0.39, 0.29) is 16.9 Å². The third-order valence-electron chi connectivity index (χ3n) is 5.71. The zero-order chi connectivity index (χ0) is 22.2. The number of hydrogen-bond acceptors (Lipinski definition) is 3. The molecule has 0 bridgehead atoms. The van der Waals surface area contributed by atoms with Crippen molar-refractivity contribution in [3.05, 3.63) is 34.9 Å².